The largest absolute Gasteiger partial charge is 0.490 e. The number of amides is 2. The average Bonchev–Trinajstić information content (AvgIpc) is 3.28. The smallest absolute Gasteiger partial charge is 0.311 e. The number of imide groups is 1. The highest BCUT2D eigenvalue weighted by Gasteiger charge is 2.40. The third kappa shape index (κ3) is 6.32. The summed E-state index contributed by atoms with van der Waals surface area (Å²) < 4.78 is 30.0. The van der Waals surface area contributed by atoms with Crippen molar-refractivity contribution in [2.45, 2.75) is 76.6 Å². The van der Waals surface area contributed by atoms with Crippen molar-refractivity contribution in [2.24, 2.45) is 0 Å². The lowest BCUT2D eigenvalue weighted by molar-refractivity contribution is -0.134. The number of esters is 1. The molecule has 0 bridgehead atoms. The third-order valence-electron chi connectivity index (χ3n) is 7.45. The Kier molecular flexibility index (Phi) is 9.50. The van der Waals surface area contributed by atoms with E-state index in [4.69, 9.17) is 23.7 Å². The number of nitrogens with one attached hydrogen (secondary N) is 1. The van der Waals surface area contributed by atoms with Gasteiger partial charge in [0, 0.05) is 17.5 Å². The molecule has 10 heteroatoms. The summed E-state index contributed by atoms with van der Waals surface area (Å²) >= 11 is 1.02. The minimum atomic E-state index is -0.603. The summed E-state index contributed by atoms with van der Waals surface area (Å²) in [5.41, 5.74) is 2.07. The van der Waals surface area contributed by atoms with Crippen LogP contribution in [0, 0.1) is 6.92 Å². The number of carbonyl (C=O) groups is 3. The van der Waals surface area contributed by atoms with Gasteiger partial charge in [-0.1, -0.05) is 44.2 Å². The van der Waals surface area contributed by atoms with Gasteiger partial charge in [-0.05, 0) is 56.7 Å². The highest BCUT2D eigenvalue weighted by molar-refractivity contribution is 8.15. The molecule has 9 nitrogen and oxygen atoms in total. The molecular weight excluding hydrogens is 534 g/mol. The van der Waals surface area contributed by atoms with Gasteiger partial charge < -0.3 is 23.7 Å². The Morgan fingerprint density at radius 1 is 1.10 bits per heavy atom. The van der Waals surface area contributed by atoms with Crippen LogP contribution in [0.3, 0.4) is 0 Å². The Bertz CT molecular complexity index is 1260. The molecular formula is C30H37NO8S. The summed E-state index contributed by atoms with van der Waals surface area (Å²) in [6.45, 7) is 6.31. The highest BCUT2D eigenvalue weighted by atomic mass is 32.2. The molecule has 2 atom stereocenters. The maximum Gasteiger partial charge on any atom is 0.311 e. The van der Waals surface area contributed by atoms with Crippen LogP contribution in [0.1, 0.15) is 62.6 Å². The Balaban J connectivity index is 1.50. The molecule has 1 saturated heterocycles. The van der Waals surface area contributed by atoms with Crippen molar-refractivity contribution in [2.75, 3.05) is 20.8 Å². The van der Waals surface area contributed by atoms with Gasteiger partial charge in [0.25, 0.3) is 5.24 Å². The van der Waals surface area contributed by atoms with Gasteiger partial charge in [0.1, 0.15) is 18.0 Å². The minimum absolute atomic E-state index is 0.251. The average molecular weight is 572 g/mol. The zero-order valence-corrected chi connectivity index (χ0v) is 24.5. The van der Waals surface area contributed by atoms with Crippen molar-refractivity contribution in [1.29, 1.82) is 0 Å². The second kappa shape index (κ2) is 12.8. The second-order valence-corrected chi connectivity index (χ2v) is 11.2. The summed E-state index contributed by atoms with van der Waals surface area (Å²) in [5, 5.41) is 1.61. The fourth-order valence-corrected chi connectivity index (χ4v) is 5.82. The van der Waals surface area contributed by atoms with E-state index in [1.807, 2.05) is 38.1 Å². The number of hydrogen-bond donors (Lipinski definition) is 1. The van der Waals surface area contributed by atoms with E-state index in [2.05, 4.69) is 12.2 Å². The highest BCUT2D eigenvalue weighted by Crippen LogP contribution is 2.53. The second-order valence-electron chi connectivity index (χ2n) is 10.1. The SMILES string of the molecule is CCCCC(=O)Oc1c(C)c2c(c(OC)c1OC)OC(CC)(COc1ccc(CC3SC(=O)NC3=O)cc1)CC2. The predicted molar refractivity (Wildman–Crippen MR) is 152 cm³/mol. The van der Waals surface area contributed by atoms with E-state index in [1.165, 1.54) is 7.11 Å². The number of unbranched alkanes of at least 4 members (excludes halogenated alkanes) is 1. The van der Waals surface area contributed by atoms with Gasteiger partial charge in [-0.25, -0.2) is 0 Å². The molecule has 1 N–H and O–H groups in total. The zero-order chi connectivity index (χ0) is 28.9. The number of rotatable bonds is 12. The van der Waals surface area contributed by atoms with E-state index in [1.54, 1.807) is 7.11 Å². The number of fused-ring (bicyclic) bond motifs is 1. The Morgan fingerprint density at radius 3 is 2.42 bits per heavy atom. The van der Waals surface area contributed by atoms with E-state index in [0.717, 1.165) is 41.3 Å². The molecule has 4 rings (SSSR count). The van der Waals surface area contributed by atoms with Crippen molar-refractivity contribution >= 4 is 28.9 Å². The lowest BCUT2D eigenvalue weighted by Gasteiger charge is -2.39. The molecule has 40 heavy (non-hydrogen) atoms. The van der Waals surface area contributed by atoms with Crippen LogP contribution < -0.4 is 29.0 Å². The van der Waals surface area contributed by atoms with Crippen molar-refractivity contribution in [3.05, 3.63) is 41.0 Å². The molecule has 2 aliphatic heterocycles. The Labute approximate surface area is 239 Å². The summed E-state index contributed by atoms with van der Waals surface area (Å²) in [6.07, 6.45) is 4.56. The van der Waals surface area contributed by atoms with Crippen molar-refractivity contribution in [1.82, 2.24) is 5.32 Å². The van der Waals surface area contributed by atoms with Crippen LogP contribution >= 0.6 is 11.8 Å². The van der Waals surface area contributed by atoms with Crippen LogP contribution in [0.4, 0.5) is 4.79 Å². The lowest BCUT2D eigenvalue weighted by Crippen LogP contribution is -2.44. The standard InChI is InChI=1S/C30H37NO8S/c1-6-8-9-23(32)38-24-18(3)21-14-15-30(7-2,39-25(21)27(36-5)26(24)35-4)17-37-20-12-10-19(11-13-20)16-22-28(33)31-29(34)40-22/h10-13,22H,6-9,14-17H2,1-5H3,(H,31,33,34). The third-order valence-corrected chi connectivity index (χ3v) is 8.43. The van der Waals surface area contributed by atoms with Crippen LogP contribution in [0.2, 0.25) is 0 Å². The Morgan fingerprint density at radius 2 is 1.82 bits per heavy atom. The number of methoxy groups -OCH3 is 2. The zero-order valence-electron chi connectivity index (χ0n) is 23.7. The fourth-order valence-electron chi connectivity index (χ4n) is 4.96. The normalized spacial score (nSPS) is 19.9. The fraction of sp³-hybridized carbons (Fsp3) is 0.500. The number of hydrogen-bond acceptors (Lipinski definition) is 9. The maximum absolute atomic E-state index is 12.5. The first-order chi connectivity index (χ1) is 19.2. The van der Waals surface area contributed by atoms with E-state index >= 15 is 0 Å². The first kappa shape index (κ1) is 29.6. The molecule has 2 unspecified atom stereocenters. The number of thioether (sulfide) groups is 1. The van der Waals surface area contributed by atoms with Gasteiger partial charge in [-0.2, -0.15) is 0 Å². The van der Waals surface area contributed by atoms with Crippen molar-refractivity contribution < 1.29 is 38.1 Å². The Hall–Kier alpha value is -3.40. The van der Waals surface area contributed by atoms with E-state index in [0.29, 0.717) is 67.5 Å². The molecule has 2 heterocycles. The topological polar surface area (TPSA) is 109 Å². The maximum atomic E-state index is 12.5. The number of carbonyl (C=O) groups excluding carboxylic acids is 3. The molecule has 2 aromatic rings. The molecule has 216 valence electrons. The van der Waals surface area contributed by atoms with Gasteiger partial charge in [0.05, 0.1) is 19.5 Å². The van der Waals surface area contributed by atoms with Gasteiger partial charge in [-0.3, -0.25) is 19.7 Å². The van der Waals surface area contributed by atoms with Crippen LogP contribution in [0.5, 0.6) is 28.7 Å². The number of ether oxygens (including phenoxy) is 5. The monoisotopic (exact) mass is 571 g/mol. The molecule has 0 saturated carbocycles. The van der Waals surface area contributed by atoms with E-state index in [9.17, 15) is 14.4 Å². The quantitative estimate of drug-likeness (QED) is 0.259. The molecule has 2 amide bonds. The summed E-state index contributed by atoms with van der Waals surface area (Å²) in [4.78, 5) is 35.8. The molecule has 0 spiro atoms. The van der Waals surface area contributed by atoms with Crippen molar-refractivity contribution in [3.63, 3.8) is 0 Å². The lowest BCUT2D eigenvalue weighted by atomic mass is 9.87. The number of benzene rings is 2. The summed E-state index contributed by atoms with van der Waals surface area (Å²) in [5.74, 6) is 1.82. The summed E-state index contributed by atoms with van der Waals surface area (Å²) in [6, 6.07) is 7.54. The summed E-state index contributed by atoms with van der Waals surface area (Å²) in [7, 11) is 3.06. The van der Waals surface area contributed by atoms with Crippen molar-refractivity contribution in [3.8, 4) is 28.7 Å². The van der Waals surface area contributed by atoms with Gasteiger partial charge in [0.2, 0.25) is 17.4 Å². The van der Waals surface area contributed by atoms with Crippen LogP contribution in [0.15, 0.2) is 24.3 Å². The van der Waals surface area contributed by atoms with Crippen LogP contribution in [0.25, 0.3) is 0 Å². The van der Waals surface area contributed by atoms with Crippen LogP contribution in [-0.4, -0.2) is 48.8 Å². The van der Waals surface area contributed by atoms with Gasteiger partial charge in [0.15, 0.2) is 11.5 Å². The molecule has 0 aliphatic carbocycles. The minimum Gasteiger partial charge on any atom is -0.490 e. The molecule has 1 fully saturated rings. The molecule has 0 radical (unpaired) electrons. The molecule has 0 aromatic heterocycles. The van der Waals surface area contributed by atoms with Crippen LogP contribution in [-0.2, 0) is 22.4 Å². The first-order valence-electron chi connectivity index (χ1n) is 13.6. The van der Waals surface area contributed by atoms with Gasteiger partial charge in [-0.15, -0.1) is 0 Å². The van der Waals surface area contributed by atoms with E-state index < -0.39 is 10.9 Å². The molecule has 2 aliphatic rings. The van der Waals surface area contributed by atoms with Gasteiger partial charge >= 0.3 is 5.97 Å². The molecule has 2 aromatic carbocycles. The first-order valence-corrected chi connectivity index (χ1v) is 14.5. The predicted octanol–water partition coefficient (Wildman–Crippen LogP) is 5.55. The van der Waals surface area contributed by atoms with E-state index in [-0.39, 0.29) is 17.1 Å².